The second-order valence-electron chi connectivity index (χ2n) is 5.46. The van der Waals surface area contributed by atoms with Crippen LogP contribution in [0.25, 0.3) is 0 Å². The summed E-state index contributed by atoms with van der Waals surface area (Å²) in [6.07, 6.45) is 2.84. The highest BCUT2D eigenvalue weighted by molar-refractivity contribution is 14.0. The van der Waals surface area contributed by atoms with Gasteiger partial charge in [-0.15, -0.1) is 34.2 Å². The topological polar surface area (TPSA) is 79.6 Å². The van der Waals surface area contributed by atoms with Crippen LogP contribution in [-0.2, 0) is 17.8 Å². The number of morpholine rings is 1. The van der Waals surface area contributed by atoms with E-state index in [1.165, 1.54) is 0 Å². The van der Waals surface area contributed by atoms with Gasteiger partial charge in [-0.2, -0.15) is 0 Å². The fraction of sp³-hybridized carbons (Fsp3) is 0.800. The zero-order valence-electron chi connectivity index (χ0n) is 14.7. The van der Waals surface area contributed by atoms with Gasteiger partial charge in [0.05, 0.1) is 13.2 Å². The van der Waals surface area contributed by atoms with Crippen molar-refractivity contribution in [2.45, 2.75) is 33.4 Å². The molecule has 0 amide bonds. The third-order valence-electron chi connectivity index (χ3n) is 3.81. The standard InChI is InChI=1S/C15H29N7O.HI/c1-3-16-15(18-12-14-20-19-13-22(14)4-2)17-6-5-7-21-8-10-23-11-9-21;/h13H,3-12H2,1-2H3,(H2,16,17,18);1H. The van der Waals surface area contributed by atoms with E-state index in [1.807, 2.05) is 4.57 Å². The number of hydrogen-bond acceptors (Lipinski definition) is 5. The molecular formula is C15H30IN7O. The summed E-state index contributed by atoms with van der Waals surface area (Å²) >= 11 is 0. The fourth-order valence-electron chi connectivity index (χ4n) is 2.49. The summed E-state index contributed by atoms with van der Waals surface area (Å²) in [5.41, 5.74) is 0. The zero-order chi connectivity index (χ0) is 16.3. The van der Waals surface area contributed by atoms with Crippen molar-refractivity contribution in [2.75, 3.05) is 45.9 Å². The minimum absolute atomic E-state index is 0. The summed E-state index contributed by atoms with van der Waals surface area (Å²) in [6, 6.07) is 0. The average Bonchev–Trinajstić information content (AvgIpc) is 3.05. The second kappa shape index (κ2) is 12.4. The number of aromatic nitrogens is 3. The van der Waals surface area contributed by atoms with Gasteiger partial charge in [-0.3, -0.25) is 4.90 Å². The molecule has 1 aromatic heterocycles. The maximum absolute atomic E-state index is 5.36. The number of ether oxygens (including phenoxy) is 1. The number of nitrogens with zero attached hydrogens (tertiary/aromatic N) is 5. The highest BCUT2D eigenvalue weighted by Gasteiger charge is 2.09. The van der Waals surface area contributed by atoms with Crippen LogP contribution in [0.4, 0.5) is 0 Å². The first-order valence-electron chi connectivity index (χ1n) is 8.52. The van der Waals surface area contributed by atoms with E-state index in [4.69, 9.17) is 4.74 Å². The van der Waals surface area contributed by atoms with Gasteiger partial charge in [0.25, 0.3) is 0 Å². The summed E-state index contributed by atoms with van der Waals surface area (Å²) in [4.78, 5) is 7.03. The maximum Gasteiger partial charge on any atom is 0.191 e. The molecule has 1 aliphatic rings. The Labute approximate surface area is 161 Å². The van der Waals surface area contributed by atoms with Crippen LogP contribution in [0.2, 0.25) is 0 Å². The van der Waals surface area contributed by atoms with Crippen molar-refractivity contribution < 1.29 is 4.74 Å². The summed E-state index contributed by atoms with van der Waals surface area (Å²) in [7, 11) is 0. The highest BCUT2D eigenvalue weighted by atomic mass is 127. The van der Waals surface area contributed by atoms with E-state index >= 15 is 0 Å². The highest BCUT2D eigenvalue weighted by Crippen LogP contribution is 1.98. The van der Waals surface area contributed by atoms with Crippen LogP contribution in [0, 0.1) is 0 Å². The Morgan fingerprint density at radius 2 is 2.08 bits per heavy atom. The Morgan fingerprint density at radius 1 is 1.29 bits per heavy atom. The molecule has 0 atom stereocenters. The van der Waals surface area contributed by atoms with Crippen LogP contribution in [0.15, 0.2) is 11.3 Å². The molecule has 1 aromatic rings. The van der Waals surface area contributed by atoms with Gasteiger partial charge in [0.15, 0.2) is 11.8 Å². The van der Waals surface area contributed by atoms with Gasteiger partial charge in [0, 0.05) is 32.7 Å². The molecule has 0 saturated carbocycles. The van der Waals surface area contributed by atoms with Gasteiger partial charge in [0.1, 0.15) is 12.9 Å². The number of aryl methyl sites for hydroxylation is 1. The molecule has 9 heteroatoms. The third kappa shape index (κ3) is 7.31. The summed E-state index contributed by atoms with van der Waals surface area (Å²) in [5.74, 6) is 1.72. The van der Waals surface area contributed by atoms with Crippen LogP contribution < -0.4 is 10.6 Å². The van der Waals surface area contributed by atoms with Gasteiger partial charge in [0.2, 0.25) is 0 Å². The lowest BCUT2D eigenvalue weighted by Crippen LogP contribution is -2.40. The Morgan fingerprint density at radius 3 is 2.79 bits per heavy atom. The van der Waals surface area contributed by atoms with E-state index in [1.54, 1.807) is 6.33 Å². The number of nitrogens with one attached hydrogen (secondary N) is 2. The number of halogens is 1. The Hall–Kier alpha value is -0.940. The smallest absolute Gasteiger partial charge is 0.191 e. The molecule has 24 heavy (non-hydrogen) atoms. The first kappa shape index (κ1) is 21.1. The molecule has 0 aliphatic carbocycles. The molecule has 8 nitrogen and oxygen atoms in total. The second-order valence-corrected chi connectivity index (χ2v) is 5.46. The molecule has 0 unspecified atom stereocenters. The first-order chi connectivity index (χ1) is 11.3. The number of guanidine groups is 1. The van der Waals surface area contributed by atoms with E-state index < -0.39 is 0 Å². The molecule has 1 aliphatic heterocycles. The normalized spacial score (nSPS) is 15.8. The lowest BCUT2D eigenvalue weighted by atomic mass is 10.3. The summed E-state index contributed by atoms with van der Waals surface area (Å²) in [6.45, 7) is 12.2. The maximum atomic E-state index is 5.36. The molecule has 0 bridgehead atoms. The molecule has 0 radical (unpaired) electrons. The van der Waals surface area contributed by atoms with Crippen molar-refractivity contribution in [1.82, 2.24) is 30.3 Å². The molecule has 2 heterocycles. The fourth-order valence-corrected chi connectivity index (χ4v) is 2.49. The lowest BCUT2D eigenvalue weighted by Gasteiger charge is -2.26. The van der Waals surface area contributed by atoms with Crippen LogP contribution in [-0.4, -0.2) is 71.6 Å². The summed E-state index contributed by atoms with van der Waals surface area (Å²) in [5, 5.41) is 14.7. The average molecular weight is 451 g/mol. The Bertz CT molecular complexity index is 474. The largest absolute Gasteiger partial charge is 0.379 e. The SMILES string of the molecule is CCNC(=NCc1nncn1CC)NCCCN1CCOCC1.I. The summed E-state index contributed by atoms with van der Waals surface area (Å²) < 4.78 is 7.37. The van der Waals surface area contributed by atoms with Crippen LogP contribution in [0.3, 0.4) is 0 Å². The van der Waals surface area contributed by atoms with Gasteiger partial charge in [-0.05, 0) is 26.8 Å². The van der Waals surface area contributed by atoms with E-state index in [0.29, 0.717) is 6.54 Å². The van der Waals surface area contributed by atoms with Gasteiger partial charge < -0.3 is 19.9 Å². The Balaban J connectivity index is 0.00000288. The minimum atomic E-state index is 0. The van der Waals surface area contributed by atoms with Crippen molar-refractivity contribution in [1.29, 1.82) is 0 Å². The van der Waals surface area contributed by atoms with E-state index in [-0.39, 0.29) is 24.0 Å². The molecule has 1 fully saturated rings. The van der Waals surface area contributed by atoms with E-state index in [2.05, 4.69) is 44.6 Å². The minimum Gasteiger partial charge on any atom is -0.379 e. The predicted molar refractivity (Wildman–Crippen MR) is 106 cm³/mol. The lowest BCUT2D eigenvalue weighted by molar-refractivity contribution is 0.0376. The molecule has 2 rings (SSSR count). The third-order valence-corrected chi connectivity index (χ3v) is 3.81. The van der Waals surface area contributed by atoms with Crippen molar-refractivity contribution >= 4 is 29.9 Å². The number of aliphatic imine (C=N–C) groups is 1. The Kier molecular flexibility index (Phi) is 10.9. The molecule has 0 spiro atoms. The van der Waals surface area contributed by atoms with Crippen molar-refractivity contribution in [3.8, 4) is 0 Å². The molecule has 1 saturated heterocycles. The van der Waals surface area contributed by atoms with Crippen LogP contribution in [0.5, 0.6) is 0 Å². The molecule has 0 aromatic carbocycles. The molecular weight excluding hydrogens is 421 g/mol. The van der Waals surface area contributed by atoms with Gasteiger partial charge in [-0.1, -0.05) is 0 Å². The monoisotopic (exact) mass is 451 g/mol. The number of hydrogen-bond donors (Lipinski definition) is 2. The van der Waals surface area contributed by atoms with Crippen molar-refractivity contribution in [2.24, 2.45) is 4.99 Å². The van der Waals surface area contributed by atoms with Crippen molar-refractivity contribution in [3.63, 3.8) is 0 Å². The quantitative estimate of drug-likeness (QED) is 0.262. The van der Waals surface area contributed by atoms with E-state index in [0.717, 1.165) is 70.7 Å². The predicted octanol–water partition coefficient (Wildman–Crippen LogP) is 0.693. The number of rotatable bonds is 8. The zero-order valence-corrected chi connectivity index (χ0v) is 17.0. The molecule has 138 valence electrons. The van der Waals surface area contributed by atoms with E-state index in [9.17, 15) is 0 Å². The molecule has 2 N–H and O–H groups in total. The van der Waals surface area contributed by atoms with Crippen LogP contribution in [0.1, 0.15) is 26.1 Å². The van der Waals surface area contributed by atoms with Crippen molar-refractivity contribution in [3.05, 3.63) is 12.2 Å². The first-order valence-corrected chi connectivity index (χ1v) is 8.52. The van der Waals surface area contributed by atoms with Gasteiger partial charge in [-0.25, -0.2) is 4.99 Å². The van der Waals surface area contributed by atoms with Crippen LogP contribution >= 0.6 is 24.0 Å². The van der Waals surface area contributed by atoms with Gasteiger partial charge >= 0.3 is 0 Å².